The number of rotatable bonds is 2. The van der Waals surface area contributed by atoms with Crippen molar-refractivity contribution in [1.29, 1.82) is 5.26 Å². The van der Waals surface area contributed by atoms with E-state index >= 15 is 0 Å². The standard InChI is InChI=1S/C17H16N2O/c1-20-17-11-19-16(9-15(17)10-18)14-7-6-12-4-2-3-5-13(12)8-14/h6-9,11H,2-5H2,1H3. The van der Waals surface area contributed by atoms with Crippen molar-refractivity contribution in [1.82, 2.24) is 4.98 Å². The molecule has 0 N–H and O–H groups in total. The maximum absolute atomic E-state index is 9.16. The third kappa shape index (κ3) is 2.25. The van der Waals surface area contributed by atoms with Gasteiger partial charge in [-0.05, 0) is 48.9 Å². The second-order valence-corrected chi connectivity index (χ2v) is 5.07. The first kappa shape index (κ1) is 12.7. The number of pyridine rings is 1. The lowest BCUT2D eigenvalue weighted by Crippen LogP contribution is -2.02. The molecule has 1 aromatic heterocycles. The number of nitriles is 1. The van der Waals surface area contributed by atoms with Crippen LogP contribution in [0.2, 0.25) is 0 Å². The van der Waals surface area contributed by atoms with Crippen molar-refractivity contribution in [2.75, 3.05) is 7.11 Å². The third-order valence-corrected chi connectivity index (χ3v) is 3.85. The highest BCUT2D eigenvalue weighted by atomic mass is 16.5. The lowest BCUT2D eigenvalue weighted by atomic mass is 9.90. The van der Waals surface area contributed by atoms with E-state index in [0.717, 1.165) is 17.7 Å². The molecule has 0 atom stereocenters. The Bertz CT molecular complexity index is 686. The van der Waals surface area contributed by atoms with Crippen LogP contribution in [0, 0.1) is 11.3 Å². The van der Waals surface area contributed by atoms with Crippen LogP contribution in [0.15, 0.2) is 30.5 Å². The molecule has 1 aliphatic carbocycles. The van der Waals surface area contributed by atoms with Crippen molar-refractivity contribution in [3.8, 4) is 23.1 Å². The normalized spacial score (nSPS) is 13.4. The molecule has 0 spiro atoms. The zero-order chi connectivity index (χ0) is 13.9. The summed E-state index contributed by atoms with van der Waals surface area (Å²) in [5.41, 5.74) is 5.30. The highest BCUT2D eigenvalue weighted by molar-refractivity contribution is 5.64. The van der Waals surface area contributed by atoms with E-state index in [9.17, 15) is 0 Å². The Labute approximate surface area is 118 Å². The minimum absolute atomic E-state index is 0.522. The molecule has 0 bridgehead atoms. The van der Waals surface area contributed by atoms with E-state index in [0.29, 0.717) is 11.3 Å². The fourth-order valence-electron chi connectivity index (χ4n) is 2.74. The number of hydrogen-bond donors (Lipinski definition) is 0. The number of methoxy groups -OCH3 is 1. The second kappa shape index (κ2) is 5.34. The predicted octanol–water partition coefficient (Wildman–Crippen LogP) is 3.51. The molecule has 2 aromatic rings. The summed E-state index contributed by atoms with van der Waals surface area (Å²) in [6.45, 7) is 0. The molecule has 3 rings (SSSR count). The second-order valence-electron chi connectivity index (χ2n) is 5.07. The number of nitrogens with zero attached hydrogens (tertiary/aromatic N) is 2. The van der Waals surface area contributed by atoms with Gasteiger partial charge in [0.25, 0.3) is 0 Å². The number of benzene rings is 1. The Balaban J connectivity index is 2.03. The summed E-state index contributed by atoms with van der Waals surface area (Å²) in [6, 6.07) is 10.5. The first-order valence-electron chi connectivity index (χ1n) is 6.88. The monoisotopic (exact) mass is 264 g/mol. The van der Waals surface area contributed by atoms with Crippen molar-refractivity contribution in [2.45, 2.75) is 25.7 Å². The lowest BCUT2D eigenvalue weighted by Gasteiger charge is -2.16. The van der Waals surface area contributed by atoms with Gasteiger partial charge in [0.15, 0.2) is 5.75 Å². The summed E-state index contributed by atoms with van der Waals surface area (Å²) in [7, 11) is 1.55. The molecule has 1 aliphatic rings. The van der Waals surface area contributed by atoms with Gasteiger partial charge >= 0.3 is 0 Å². The van der Waals surface area contributed by atoms with Crippen molar-refractivity contribution in [3.05, 3.63) is 47.2 Å². The summed E-state index contributed by atoms with van der Waals surface area (Å²) >= 11 is 0. The molecule has 0 radical (unpaired) electrons. The summed E-state index contributed by atoms with van der Waals surface area (Å²) in [6.07, 6.45) is 6.48. The van der Waals surface area contributed by atoms with Crippen LogP contribution in [0.25, 0.3) is 11.3 Å². The van der Waals surface area contributed by atoms with Crippen LogP contribution in [-0.2, 0) is 12.8 Å². The zero-order valence-electron chi connectivity index (χ0n) is 11.5. The maximum atomic E-state index is 9.16. The van der Waals surface area contributed by atoms with E-state index in [2.05, 4.69) is 29.3 Å². The summed E-state index contributed by atoms with van der Waals surface area (Å²) < 4.78 is 5.13. The highest BCUT2D eigenvalue weighted by Crippen LogP contribution is 2.28. The van der Waals surface area contributed by atoms with E-state index in [1.807, 2.05) is 0 Å². The minimum Gasteiger partial charge on any atom is -0.494 e. The number of hydrogen-bond acceptors (Lipinski definition) is 3. The smallest absolute Gasteiger partial charge is 0.154 e. The van der Waals surface area contributed by atoms with Crippen LogP contribution in [0.3, 0.4) is 0 Å². The summed E-state index contributed by atoms with van der Waals surface area (Å²) in [5.74, 6) is 0.522. The molecule has 0 amide bonds. The van der Waals surface area contributed by atoms with Crippen molar-refractivity contribution in [3.63, 3.8) is 0 Å². The highest BCUT2D eigenvalue weighted by Gasteiger charge is 2.12. The van der Waals surface area contributed by atoms with Gasteiger partial charge in [0.2, 0.25) is 0 Å². The Morgan fingerprint density at radius 1 is 1.15 bits per heavy atom. The average molecular weight is 264 g/mol. The number of aryl methyl sites for hydroxylation is 2. The Morgan fingerprint density at radius 3 is 2.70 bits per heavy atom. The van der Waals surface area contributed by atoms with Gasteiger partial charge < -0.3 is 4.74 Å². The van der Waals surface area contributed by atoms with Crippen LogP contribution in [0.4, 0.5) is 0 Å². The molecule has 3 nitrogen and oxygen atoms in total. The van der Waals surface area contributed by atoms with Crippen molar-refractivity contribution >= 4 is 0 Å². The molecular formula is C17H16N2O. The van der Waals surface area contributed by atoms with Crippen LogP contribution >= 0.6 is 0 Å². The van der Waals surface area contributed by atoms with Gasteiger partial charge in [0.05, 0.1) is 24.6 Å². The molecule has 0 unspecified atom stereocenters. The molecular weight excluding hydrogens is 248 g/mol. The molecule has 0 saturated heterocycles. The zero-order valence-corrected chi connectivity index (χ0v) is 11.5. The minimum atomic E-state index is 0.522. The van der Waals surface area contributed by atoms with Crippen molar-refractivity contribution in [2.24, 2.45) is 0 Å². The molecule has 3 heteroatoms. The van der Waals surface area contributed by atoms with E-state index in [1.165, 1.54) is 30.4 Å². The van der Waals surface area contributed by atoms with Crippen molar-refractivity contribution < 1.29 is 4.74 Å². The summed E-state index contributed by atoms with van der Waals surface area (Å²) in [5, 5.41) is 9.16. The number of fused-ring (bicyclic) bond motifs is 1. The summed E-state index contributed by atoms with van der Waals surface area (Å²) in [4.78, 5) is 4.40. The molecule has 1 heterocycles. The van der Waals surface area contributed by atoms with Gasteiger partial charge in [-0.3, -0.25) is 4.98 Å². The van der Waals surface area contributed by atoms with Gasteiger partial charge in [0.1, 0.15) is 6.07 Å². The SMILES string of the molecule is COc1cnc(-c2ccc3c(c2)CCCC3)cc1C#N. The van der Waals surface area contributed by atoms with Gasteiger partial charge in [0, 0.05) is 5.56 Å². The first-order valence-corrected chi connectivity index (χ1v) is 6.88. The fourth-order valence-corrected chi connectivity index (χ4v) is 2.74. The topological polar surface area (TPSA) is 45.9 Å². The quantitative estimate of drug-likeness (QED) is 0.833. The Hall–Kier alpha value is -2.34. The Morgan fingerprint density at radius 2 is 1.95 bits per heavy atom. The van der Waals surface area contributed by atoms with Gasteiger partial charge in [-0.1, -0.05) is 12.1 Å². The fraction of sp³-hybridized carbons (Fsp3) is 0.294. The van der Waals surface area contributed by atoms with Gasteiger partial charge in [-0.15, -0.1) is 0 Å². The number of ether oxygens (including phenoxy) is 1. The molecule has 0 fully saturated rings. The largest absolute Gasteiger partial charge is 0.494 e. The van der Waals surface area contributed by atoms with E-state index < -0.39 is 0 Å². The van der Waals surface area contributed by atoms with E-state index in [4.69, 9.17) is 10.00 Å². The molecule has 0 aliphatic heterocycles. The molecule has 1 aromatic carbocycles. The van der Waals surface area contributed by atoms with E-state index in [1.54, 1.807) is 19.4 Å². The molecule has 20 heavy (non-hydrogen) atoms. The van der Waals surface area contributed by atoms with Gasteiger partial charge in [-0.25, -0.2) is 0 Å². The lowest BCUT2D eigenvalue weighted by molar-refractivity contribution is 0.411. The third-order valence-electron chi connectivity index (χ3n) is 3.85. The van der Waals surface area contributed by atoms with Crippen LogP contribution in [0.1, 0.15) is 29.5 Å². The Kier molecular flexibility index (Phi) is 3.39. The van der Waals surface area contributed by atoms with E-state index in [-0.39, 0.29) is 0 Å². The molecule has 100 valence electrons. The van der Waals surface area contributed by atoms with Crippen LogP contribution < -0.4 is 4.74 Å². The molecule has 0 saturated carbocycles. The van der Waals surface area contributed by atoms with Gasteiger partial charge in [-0.2, -0.15) is 5.26 Å². The maximum Gasteiger partial charge on any atom is 0.154 e. The van der Waals surface area contributed by atoms with Crippen LogP contribution in [-0.4, -0.2) is 12.1 Å². The first-order chi connectivity index (χ1) is 9.81. The van der Waals surface area contributed by atoms with Crippen LogP contribution in [0.5, 0.6) is 5.75 Å². The average Bonchev–Trinajstić information content (AvgIpc) is 2.53. The predicted molar refractivity (Wildman–Crippen MR) is 77.6 cm³/mol. The number of aromatic nitrogens is 1.